The van der Waals surface area contributed by atoms with E-state index >= 15 is 0 Å². The summed E-state index contributed by atoms with van der Waals surface area (Å²) in [6.45, 7) is 3.99. The zero-order valence-electron chi connectivity index (χ0n) is 10.4. The van der Waals surface area contributed by atoms with Crippen molar-refractivity contribution >= 4 is 10.0 Å². The van der Waals surface area contributed by atoms with Gasteiger partial charge in [-0.1, -0.05) is 0 Å². The number of piperidine rings is 1. The molecule has 1 saturated heterocycles. The van der Waals surface area contributed by atoms with E-state index in [9.17, 15) is 8.42 Å². The minimum atomic E-state index is -3.15. The summed E-state index contributed by atoms with van der Waals surface area (Å²) < 4.78 is 26.6. The Bertz CT molecular complexity index is 297. The third kappa shape index (κ3) is 4.01. The molecule has 1 fully saturated rings. The molecule has 0 aromatic heterocycles. The van der Waals surface area contributed by atoms with Crippen LogP contribution in [0.5, 0.6) is 0 Å². The highest BCUT2D eigenvalue weighted by Gasteiger charge is 2.27. The molecule has 0 radical (unpaired) electrons. The van der Waals surface area contributed by atoms with E-state index in [1.807, 2.05) is 25.9 Å². The van der Waals surface area contributed by atoms with Crippen LogP contribution in [-0.4, -0.2) is 58.3 Å². The average Bonchev–Trinajstić information content (AvgIpc) is 2.27. The highest BCUT2D eigenvalue weighted by atomic mass is 32.2. The second-order valence-electron chi connectivity index (χ2n) is 4.67. The van der Waals surface area contributed by atoms with Crippen molar-refractivity contribution < 1.29 is 8.42 Å². The molecule has 0 aliphatic carbocycles. The maximum Gasteiger partial charge on any atom is 0.215 e. The summed E-state index contributed by atoms with van der Waals surface area (Å²) in [5.74, 6) is 0. The van der Waals surface area contributed by atoms with Crippen molar-refractivity contribution in [2.24, 2.45) is 0 Å². The molecule has 2 atom stereocenters. The average molecular weight is 249 g/mol. The van der Waals surface area contributed by atoms with Crippen molar-refractivity contribution in [3.05, 3.63) is 0 Å². The van der Waals surface area contributed by atoms with Crippen LogP contribution in [-0.2, 0) is 10.0 Å². The predicted octanol–water partition coefficient (Wildman–Crippen LogP) is -0.392. The van der Waals surface area contributed by atoms with Crippen molar-refractivity contribution in [3.8, 4) is 0 Å². The number of nitrogens with zero attached hydrogens (tertiary/aromatic N) is 1. The zero-order chi connectivity index (χ0) is 12.2. The van der Waals surface area contributed by atoms with Crippen LogP contribution in [0.15, 0.2) is 0 Å². The normalized spacial score (nSPS) is 24.6. The molecule has 0 bridgehead atoms. The molecule has 2 N–H and O–H groups in total. The summed E-state index contributed by atoms with van der Waals surface area (Å²) >= 11 is 0. The second-order valence-corrected chi connectivity index (χ2v) is 6.72. The van der Waals surface area contributed by atoms with Gasteiger partial charge < -0.3 is 10.2 Å². The van der Waals surface area contributed by atoms with Crippen LogP contribution >= 0.6 is 0 Å². The first-order valence-corrected chi connectivity index (χ1v) is 7.33. The first kappa shape index (κ1) is 13.9. The molecule has 5 nitrogen and oxygen atoms in total. The van der Waals surface area contributed by atoms with E-state index in [-0.39, 0.29) is 11.3 Å². The molecule has 0 spiro atoms. The molecule has 2 unspecified atom stereocenters. The summed E-state index contributed by atoms with van der Waals surface area (Å²) in [6.07, 6.45) is 1.70. The molecule has 0 aromatic carbocycles. The van der Waals surface area contributed by atoms with Crippen LogP contribution < -0.4 is 10.0 Å². The van der Waals surface area contributed by atoms with Crippen LogP contribution in [0, 0.1) is 0 Å². The summed E-state index contributed by atoms with van der Waals surface area (Å²) in [7, 11) is 0.740. The van der Waals surface area contributed by atoms with Gasteiger partial charge in [-0.25, -0.2) is 13.1 Å². The van der Waals surface area contributed by atoms with Crippen LogP contribution in [0.4, 0.5) is 0 Å². The molecule has 0 amide bonds. The number of hydrogen-bond acceptors (Lipinski definition) is 4. The van der Waals surface area contributed by atoms with E-state index in [0.29, 0.717) is 13.1 Å². The Morgan fingerprint density at radius 1 is 1.50 bits per heavy atom. The minimum Gasteiger partial charge on any atom is -0.315 e. The smallest absolute Gasteiger partial charge is 0.215 e. The number of hydrogen-bond donors (Lipinski definition) is 2. The Morgan fingerprint density at radius 2 is 2.19 bits per heavy atom. The van der Waals surface area contributed by atoms with E-state index < -0.39 is 10.0 Å². The van der Waals surface area contributed by atoms with Gasteiger partial charge in [-0.3, -0.25) is 0 Å². The first-order valence-electron chi connectivity index (χ1n) is 5.79. The molecule has 0 aromatic rings. The van der Waals surface area contributed by atoms with Gasteiger partial charge in [-0.05, 0) is 40.4 Å². The summed E-state index contributed by atoms with van der Waals surface area (Å²) in [5.41, 5.74) is 0. The highest BCUT2D eigenvalue weighted by molar-refractivity contribution is 7.90. The van der Waals surface area contributed by atoms with E-state index in [4.69, 9.17) is 0 Å². The van der Waals surface area contributed by atoms with Gasteiger partial charge in [0.25, 0.3) is 0 Å². The molecule has 16 heavy (non-hydrogen) atoms. The maximum absolute atomic E-state index is 11.9. The van der Waals surface area contributed by atoms with Gasteiger partial charge in [0.15, 0.2) is 0 Å². The standard InChI is InChI=1S/C10H23N3O2S/c1-9(13(2)3)7-12-16(14,15)10-5-4-6-11-8-10/h9-12H,4-8H2,1-3H3. The van der Waals surface area contributed by atoms with Gasteiger partial charge in [0, 0.05) is 19.1 Å². The van der Waals surface area contributed by atoms with Crippen LogP contribution in [0.1, 0.15) is 19.8 Å². The quantitative estimate of drug-likeness (QED) is 0.696. The van der Waals surface area contributed by atoms with Crippen molar-refractivity contribution in [1.29, 1.82) is 0 Å². The van der Waals surface area contributed by atoms with Gasteiger partial charge in [0.05, 0.1) is 5.25 Å². The topological polar surface area (TPSA) is 61.4 Å². The van der Waals surface area contributed by atoms with Gasteiger partial charge in [-0.15, -0.1) is 0 Å². The highest BCUT2D eigenvalue weighted by Crippen LogP contribution is 2.10. The fourth-order valence-electron chi connectivity index (χ4n) is 1.62. The number of rotatable bonds is 5. The largest absolute Gasteiger partial charge is 0.315 e. The SMILES string of the molecule is CC(CNS(=O)(=O)C1CCCNC1)N(C)C. The van der Waals surface area contributed by atoms with Crippen molar-refractivity contribution in [2.45, 2.75) is 31.1 Å². The molecule has 1 heterocycles. The summed E-state index contributed by atoms with van der Waals surface area (Å²) in [5, 5.41) is 2.85. The van der Waals surface area contributed by atoms with Crippen molar-refractivity contribution in [3.63, 3.8) is 0 Å². The van der Waals surface area contributed by atoms with Gasteiger partial charge >= 0.3 is 0 Å². The lowest BCUT2D eigenvalue weighted by atomic mass is 10.2. The lowest BCUT2D eigenvalue weighted by molar-refractivity contribution is 0.313. The van der Waals surface area contributed by atoms with E-state index in [1.54, 1.807) is 0 Å². The van der Waals surface area contributed by atoms with E-state index in [0.717, 1.165) is 19.4 Å². The Labute approximate surface area is 98.6 Å². The van der Waals surface area contributed by atoms with Crippen LogP contribution in [0.3, 0.4) is 0 Å². The van der Waals surface area contributed by atoms with Gasteiger partial charge in [-0.2, -0.15) is 0 Å². The van der Waals surface area contributed by atoms with Crippen LogP contribution in [0.25, 0.3) is 0 Å². The lowest BCUT2D eigenvalue weighted by Gasteiger charge is -2.25. The van der Waals surface area contributed by atoms with Crippen molar-refractivity contribution in [1.82, 2.24) is 14.9 Å². The van der Waals surface area contributed by atoms with E-state index in [1.165, 1.54) is 0 Å². The van der Waals surface area contributed by atoms with E-state index in [2.05, 4.69) is 10.0 Å². The predicted molar refractivity (Wildman–Crippen MR) is 66.0 cm³/mol. The second kappa shape index (κ2) is 5.95. The molecule has 1 aliphatic heterocycles. The minimum absolute atomic E-state index is 0.214. The third-order valence-electron chi connectivity index (χ3n) is 3.15. The van der Waals surface area contributed by atoms with Gasteiger partial charge in [0.2, 0.25) is 10.0 Å². The molecular weight excluding hydrogens is 226 g/mol. The Morgan fingerprint density at radius 3 is 2.69 bits per heavy atom. The Hall–Kier alpha value is -0.170. The fraction of sp³-hybridized carbons (Fsp3) is 1.00. The monoisotopic (exact) mass is 249 g/mol. The summed E-state index contributed by atoms with van der Waals surface area (Å²) in [6, 6.07) is 0.214. The molecule has 1 rings (SSSR count). The number of sulfonamides is 1. The number of nitrogens with one attached hydrogen (secondary N) is 2. The molecular formula is C10H23N3O2S. The Balaban J connectivity index is 2.44. The maximum atomic E-state index is 11.9. The Kier molecular flexibility index (Phi) is 5.17. The molecule has 96 valence electrons. The van der Waals surface area contributed by atoms with Gasteiger partial charge in [0.1, 0.15) is 0 Å². The fourth-order valence-corrected chi connectivity index (χ4v) is 3.15. The molecule has 6 heteroatoms. The molecule has 1 aliphatic rings. The number of likely N-dealkylation sites (N-methyl/N-ethyl adjacent to an activating group) is 1. The summed E-state index contributed by atoms with van der Waals surface area (Å²) in [4.78, 5) is 2.00. The first-order chi connectivity index (χ1) is 7.43. The van der Waals surface area contributed by atoms with Crippen LogP contribution in [0.2, 0.25) is 0 Å². The molecule has 0 saturated carbocycles. The third-order valence-corrected chi connectivity index (χ3v) is 5.00. The van der Waals surface area contributed by atoms with Crippen molar-refractivity contribution in [2.75, 3.05) is 33.7 Å². The lowest BCUT2D eigenvalue weighted by Crippen LogP contribution is -2.47. The zero-order valence-corrected chi connectivity index (χ0v) is 11.2.